The van der Waals surface area contributed by atoms with Crippen LogP contribution in [0.1, 0.15) is 288 Å². The van der Waals surface area contributed by atoms with Crippen LogP contribution in [0.2, 0.25) is 20.1 Å². The standard InChI is InChI=1S/C24H26ClNO2.C23H25ClN2O2.2C22H24ClN3O2/c1-16(2)18-5-7-19(8-6-18)24(27)13-17-3-10-21(11-4-17)28-22-12-9-20(15-26)23(25)14-22;1-15(2)22-10-6-18(14-26-22)23(27)11-16-3-7-19(8-4-16)28-20-9-5-17(13-25)21(24)12-20;1-14(2)20-9-10-21(26-25-20)22(27)11-15-3-6-17(7-4-15)28-18-8-5-16(13-24)19(23)12-18;1-4-15-5-8-19(11-20(15)23)28-18-9-6-17(7-10-18)26-22(27)16-12-24-21(14(2)3)25-13-16/h5-9,12,14,16-17,21H,3-4,10-11,13H2,1-2H3;5-6,9-10,12,14-16,19H,3-4,7-8,11H2,1-2H3;5,8-10,12,14-15,17H,3-4,6-7,11H2,1-2H3;1,5,8,11-14,17-18H,6-7,9-10H2,2-3H3,(H,26,27). The van der Waals surface area contributed by atoms with Crippen LogP contribution in [0, 0.1) is 64.1 Å². The highest BCUT2D eigenvalue weighted by atomic mass is 35.5. The predicted molar refractivity (Wildman–Crippen MR) is 439 cm³/mol. The number of Topliss-reactive ketones (excluding diaryl/α,β-unsaturated/α-hetero) is 3. The average molecular weight is 1590 g/mol. The van der Waals surface area contributed by atoms with Crippen molar-refractivity contribution in [3.63, 3.8) is 0 Å². The molecule has 0 radical (unpaired) electrons. The van der Waals surface area contributed by atoms with Gasteiger partial charge in [-0.2, -0.15) is 20.9 Å². The monoisotopic (exact) mass is 1590 g/mol. The first-order valence-electron chi connectivity index (χ1n) is 39.0. The average Bonchev–Trinajstić information content (AvgIpc) is 0.859. The maximum absolute atomic E-state index is 12.6. The van der Waals surface area contributed by atoms with Gasteiger partial charge in [0.15, 0.2) is 17.3 Å². The second-order valence-corrected chi connectivity index (χ2v) is 32.3. The number of hydrogen-bond donors (Lipinski definition) is 1. The Morgan fingerprint density at radius 2 is 0.777 bits per heavy atom. The van der Waals surface area contributed by atoms with E-state index in [4.69, 9.17) is 87.6 Å². The molecule has 112 heavy (non-hydrogen) atoms. The number of terminal acetylenes is 1. The lowest BCUT2D eigenvalue weighted by atomic mass is 9.83. The number of nitrogens with zero attached hydrogens (tertiary/aromatic N) is 8. The molecule has 21 heteroatoms. The lowest BCUT2D eigenvalue weighted by molar-refractivity contribution is 0.0888. The van der Waals surface area contributed by atoms with E-state index in [0.717, 1.165) is 131 Å². The fourth-order valence-corrected chi connectivity index (χ4v) is 14.9. The lowest BCUT2D eigenvalue weighted by Crippen LogP contribution is -2.39. The van der Waals surface area contributed by atoms with Crippen LogP contribution in [0.4, 0.5) is 0 Å². The van der Waals surface area contributed by atoms with Crippen molar-refractivity contribution in [1.29, 1.82) is 15.8 Å². The first kappa shape index (κ1) is 86.3. The van der Waals surface area contributed by atoms with Crippen molar-refractivity contribution in [1.82, 2.24) is 30.5 Å². The first-order valence-corrected chi connectivity index (χ1v) is 40.5. The Labute approximate surface area is 679 Å². The van der Waals surface area contributed by atoms with E-state index in [1.54, 1.807) is 91.4 Å². The van der Waals surface area contributed by atoms with Crippen LogP contribution in [0.5, 0.6) is 23.0 Å². The van der Waals surface area contributed by atoms with Crippen LogP contribution in [0.3, 0.4) is 0 Å². The van der Waals surface area contributed by atoms with E-state index in [1.165, 1.54) is 5.56 Å². The molecule has 4 aliphatic carbocycles. The number of hydrogen-bond acceptors (Lipinski definition) is 16. The summed E-state index contributed by atoms with van der Waals surface area (Å²) in [6.07, 6.45) is 27.2. The van der Waals surface area contributed by atoms with Gasteiger partial charge in [0, 0.05) is 96.5 Å². The third-order valence-corrected chi connectivity index (χ3v) is 22.2. The summed E-state index contributed by atoms with van der Waals surface area (Å²) in [7, 11) is 0. The molecular formula is C91H99Cl4N9O8. The Bertz CT molecular complexity index is 4040. The largest absolute Gasteiger partial charge is 0.490 e. The van der Waals surface area contributed by atoms with E-state index < -0.39 is 0 Å². The number of amides is 1. The van der Waals surface area contributed by atoms with Gasteiger partial charge in [-0.05, 0) is 217 Å². The van der Waals surface area contributed by atoms with Gasteiger partial charge >= 0.3 is 0 Å². The normalized spacial score (nSPS) is 19.2. The molecule has 1 N–H and O–H groups in total. The minimum atomic E-state index is -0.128. The summed E-state index contributed by atoms with van der Waals surface area (Å²) >= 11 is 24.3. The molecule has 4 saturated carbocycles. The van der Waals surface area contributed by atoms with Crippen molar-refractivity contribution in [2.24, 2.45) is 17.8 Å². The van der Waals surface area contributed by atoms with E-state index in [9.17, 15) is 19.2 Å². The van der Waals surface area contributed by atoms with Crippen molar-refractivity contribution in [3.8, 4) is 53.5 Å². The van der Waals surface area contributed by atoms with Gasteiger partial charge in [0.05, 0.1) is 72.5 Å². The van der Waals surface area contributed by atoms with Gasteiger partial charge in [-0.1, -0.05) is 132 Å². The number of carbonyl (C=O) groups excluding carboxylic acids is 4. The number of nitrogens with one attached hydrogen (secondary N) is 1. The number of aromatic nitrogens is 5. The highest BCUT2D eigenvalue weighted by Gasteiger charge is 2.30. The molecule has 5 aromatic carbocycles. The summed E-state index contributed by atoms with van der Waals surface area (Å²) in [5, 5.41) is 39.9. The molecule has 0 aliphatic heterocycles. The number of ether oxygens (including phenoxy) is 4. The first-order chi connectivity index (χ1) is 53.8. The smallest absolute Gasteiger partial charge is 0.254 e. The fraction of sp³-hybridized carbons (Fsp3) is 0.429. The molecule has 0 unspecified atom stereocenters. The molecule has 0 saturated heterocycles. The third kappa shape index (κ3) is 26.2. The van der Waals surface area contributed by atoms with Crippen LogP contribution in [0.25, 0.3) is 0 Å². The number of rotatable bonds is 23. The van der Waals surface area contributed by atoms with E-state index >= 15 is 0 Å². The van der Waals surface area contributed by atoms with Crippen LogP contribution in [-0.4, -0.2) is 78.9 Å². The molecule has 3 heterocycles. The van der Waals surface area contributed by atoms with Gasteiger partial charge in [-0.15, -0.1) is 11.5 Å². The number of carbonyl (C=O) groups is 4. The summed E-state index contributed by atoms with van der Waals surface area (Å²) in [5.41, 5.74) is 7.65. The number of benzene rings is 5. The summed E-state index contributed by atoms with van der Waals surface area (Å²) in [5.74, 6) is 8.96. The van der Waals surface area contributed by atoms with E-state index in [-0.39, 0.29) is 59.6 Å². The third-order valence-electron chi connectivity index (χ3n) is 20.9. The summed E-state index contributed by atoms with van der Waals surface area (Å²) in [6, 6.07) is 42.7. The molecule has 17 nitrogen and oxygen atoms in total. The van der Waals surface area contributed by atoms with Crippen LogP contribution in [-0.2, 0) is 0 Å². The van der Waals surface area contributed by atoms with Gasteiger partial charge < -0.3 is 24.3 Å². The van der Waals surface area contributed by atoms with Crippen LogP contribution in [0.15, 0.2) is 140 Å². The molecule has 0 bridgehead atoms. The number of nitriles is 3. The molecule has 0 atom stereocenters. The zero-order valence-corrected chi connectivity index (χ0v) is 68.1. The summed E-state index contributed by atoms with van der Waals surface area (Å²) in [6.45, 7) is 16.6. The van der Waals surface area contributed by atoms with Crippen molar-refractivity contribution in [2.75, 3.05) is 0 Å². The molecule has 1 amide bonds. The van der Waals surface area contributed by atoms with E-state index in [2.05, 4.69) is 96.1 Å². The molecule has 3 aromatic heterocycles. The fourth-order valence-electron chi connectivity index (χ4n) is 14.0. The second kappa shape index (κ2) is 42.8. The highest BCUT2D eigenvalue weighted by molar-refractivity contribution is 6.33. The zero-order valence-electron chi connectivity index (χ0n) is 65.1. The Hall–Kier alpha value is -9.72. The maximum atomic E-state index is 12.6. The SMILES string of the molecule is C#Cc1ccc(OC2CCC(NC(=O)c3cnc(C(C)C)nc3)CC2)cc1Cl.CC(C)c1ccc(C(=O)CC2CCC(Oc3ccc(C#N)c(Cl)c3)CC2)cc1.CC(C)c1ccc(C(=O)CC2CCC(Oc3ccc(C#N)c(Cl)c3)CC2)cn1.CC(C)c1ccc(C(=O)CC2CCC(Oc3ccc(C#N)c(Cl)c3)CC2)nn1. The van der Waals surface area contributed by atoms with Gasteiger partial charge in [0.2, 0.25) is 0 Å². The lowest BCUT2D eigenvalue weighted by Gasteiger charge is -2.29. The van der Waals surface area contributed by atoms with Gasteiger partial charge in [-0.25, -0.2) is 9.97 Å². The molecule has 4 aliphatic rings. The molecular weight excluding hydrogens is 1490 g/mol. The minimum absolute atomic E-state index is 0.0612. The van der Waals surface area contributed by atoms with Crippen molar-refractivity contribution >= 4 is 69.7 Å². The predicted octanol–water partition coefficient (Wildman–Crippen LogP) is 22.2. The van der Waals surface area contributed by atoms with Crippen LogP contribution < -0.4 is 24.3 Å². The Morgan fingerprint density at radius 1 is 0.411 bits per heavy atom. The van der Waals surface area contributed by atoms with Crippen molar-refractivity contribution < 1.29 is 38.1 Å². The molecule has 4 fully saturated rings. The minimum Gasteiger partial charge on any atom is -0.490 e. The van der Waals surface area contributed by atoms with Gasteiger partial charge in [0.25, 0.3) is 5.91 Å². The molecule has 584 valence electrons. The molecule has 12 rings (SSSR count). The number of halogens is 4. The Balaban J connectivity index is 0.000000171. The Kier molecular flexibility index (Phi) is 33.0. The second-order valence-electron chi connectivity index (χ2n) is 30.7. The van der Waals surface area contributed by atoms with Gasteiger partial charge in [-0.3, -0.25) is 24.2 Å². The van der Waals surface area contributed by atoms with Crippen LogP contribution >= 0.6 is 46.4 Å². The maximum Gasteiger partial charge on any atom is 0.254 e. The summed E-state index contributed by atoms with van der Waals surface area (Å²) < 4.78 is 24.1. The van der Waals surface area contributed by atoms with E-state index in [1.807, 2.05) is 62.4 Å². The molecule has 0 spiro atoms. The number of pyridine rings is 1. The van der Waals surface area contributed by atoms with Crippen molar-refractivity contribution in [3.05, 3.63) is 227 Å². The topological polar surface area (TPSA) is 253 Å². The molecule has 8 aromatic rings. The summed E-state index contributed by atoms with van der Waals surface area (Å²) in [4.78, 5) is 63.0. The van der Waals surface area contributed by atoms with Crippen molar-refractivity contribution in [2.45, 2.75) is 232 Å². The Morgan fingerprint density at radius 3 is 1.12 bits per heavy atom. The van der Waals surface area contributed by atoms with E-state index in [0.29, 0.717) is 131 Å². The quantitative estimate of drug-likeness (QED) is 0.0461. The zero-order chi connectivity index (χ0) is 80.4. The number of ketones is 3. The van der Waals surface area contributed by atoms with Gasteiger partial charge in [0.1, 0.15) is 52.7 Å². The highest BCUT2D eigenvalue weighted by Crippen LogP contribution is 2.37.